The minimum absolute atomic E-state index is 0.0627. The first-order valence-corrected chi connectivity index (χ1v) is 6.86. The molecule has 0 amide bonds. The summed E-state index contributed by atoms with van der Waals surface area (Å²) in [6.45, 7) is 0.0926. The number of hydrogen-bond acceptors (Lipinski definition) is 6. The van der Waals surface area contributed by atoms with Gasteiger partial charge in [0.15, 0.2) is 0 Å². The van der Waals surface area contributed by atoms with Gasteiger partial charge in [0.1, 0.15) is 0 Å². The molecule has 0 radical (unpaired) electrons. The largest absolute Gasteiger partial charge is 0.387 e. The second kappa shape index (κ2) is 7.03. The number of non-ortho nitro benzene ring substituents is 2. The zero-order valence-electron chi connectivity index (χ0n) is 11.7. The van der Waals surface area contributed by atoms with Crippen LogP contribution in [0.1, 0.15) is 11.7 Å². The lowest BCUT2D eigenvalue weighted by atomic mass is 10.1. The van der Waals surface area contributed by atoms with Gasteiger partial charge in [-0.1, -0.05) is 11.6 Å². The molecule has 2 aromatic rings. The smallest absolute Gasteiger partial charge is 0.271 e. The van der Waals surface area contributed by atoms with Crippen molar-refractivity contribution in [1.29, 1.82) is 0 Å². The summed E-state index contributed by atoms with van der Waals surface area (Å²) in [5.41, 5.74) is 0.753. The fourth-order valence-corrected chi connectivity index (χ4v) is 2.15. The summed E-state index contributed by atoms with van der Waals surface area (Å²) in [5, 5.41) is 34.3. The van der Waals surface area contributed by atoms with Gasteiger partial charge in [0.05, 0.1) is 26.7 Å². The number of nitro groups is 2. The molecule has 0 bridgehead atoms. The molecule has 0 spiro atoms. The molecule has 23 heavy (non-hydrogen) atoms. The monoisotopic (exact) mass is 337 g/mol. The Hall–Kier alpha value is -2.71. The van der Waals surface area contributed by atoms with Crippen LogP contribution in [0.4, 0.5) is 17.1 Å². The van der Waals surface area contributed by atoms with Crippen LogP contribution in [0.25, 0.3) is 0 Å². The first-order valence-electron chi connectivity index (χ1n) is 6.48. The summed E-state index contributed by atoms with van der Waals surface area (Å²) in [6, 6.07) is 9.48. The Kier molecular flexibility index (Phi) is 5.09. The summed E-state index contributed by atoms with van der Waals surface area (Å²) in [6.07, 6.45) is -0.915. The molecule has 0 aliphatic rings. The van der Waals surface area contributed by atoms with Gasteiger partial charge in [-0.25, -0.2) is 0 Å². The average molecular weight is 338 g/mol. The van der Waals surface area contributed by atoms with Crippen LogP contribution in [0, 0.1) is 20.2 Å². The molecule has 0 aromatic heterocycles. The molecule has 0 saturated carbocycles. The maximum Gasteiger partial charge on any atom is 0.271 e. The normalized spacial score (nSPS) is 11.7. The van der Waals surface area contributed by atoms with Gasteiger partial charge in [-0.2, -0.15) is 0 Å². The number of nitrogens with one attached hydrogen (secondary N) is 1. The second-order valence-corrected chi connectivity index (χ2v) is 5.07. The summed E-state index contributed by atoms with van der Waals surface area (Å²) >= 11 is 5.94. The maximum atomic E-state index is 10.6. The van der Waals surface area contributed by atoms with Crippen molar-refractivity contribution < 1.29 is 15.0 Å². The number of hydrogen-bond donors (Lipinski definition) is 2. The van der Waals surface area contributed by atoms with E-state index in [0.29, 0.717) is 11.3 Å². The number of halogens is 1. The molecule has 0 aliphatic carbocycles. The lowest BCUT2D eigenvalue weighted by molar-refractivity contribution is -0.385. The Bertz CT molecular complexity index is 736. The number of nitro benzene ring substituents is 2. The Morgan fingerprint density at radius 2 is 1.61 bits per heavy atom. The molecule has 2 N–H and O–H groups in total. The van der Waals surface area contributed by atoms with Gasteiger partial charge in [-0.3, -0.25) is 20.2 Å². The number of benzene rings is 2. The summed E-state index contributed by atoms with van der Waals surface area (Å²) in [7, 11) is 0. The van der Waals surface area contributed by atoms with E-state index in [9.17, 15) is 25.3 Å². The van der Waals surface area contributed by atoms with Gasteiger partial charge in [-0.15, -0.1) is 0 Å². The number of aliphatic hydroxyl groups is 1. The highest BCUT2D eigenvalue weighted by Gasteiger charge is 2.13. The predicted octanol–water partition coefficient (Wildman–Crippen LogP) is 3.30. The van der Waals surface area contributed by atoms with Crippen LogP contribution in [-0.4, -0.2) is 21.5 Å². The fraction of sp³-hybridized carbons (Fsp3) is 0.143. The van der Waals surface area contributed by atoms with Crippen LogP contribution in [-0.2, 0) is 0 Å². The van der Waals surface area contributed by atoms with Crippen molar-refractivity contribution in [1.82, 2.24) is 0 Å². The van der Waals surface area contributed by atoms with Gasteiger partial charge in [-0.05, 0) is 23.8 Å². The van der Waals surface area contributed by atoms with Crippen molar-refractivity contribution >= 4 is 28.7 Å². The third-order valence-corrected chi connectivity index (χ3v) is 3.45. The molecular formula is C14H12ClN3O5. The molecular weight excluding hydrogens is 326 g/mol. The van der Waals surface area contributed by atoms with Crippen molar-refractivity contribution in [2.75, 3.05) is 11.9 Å². The van der Waals surface area contributed by atoms with Gasteiger partial charge in [0, 0.05) is 30.8 Å². The van der Waals surface area contributed by atoms with Crippen LogP contribution in [0.15, 0.2) is 42.5 Å². The van der Waals surface area contributed by atoms with Gasteiger partial charge >= 0.3 is 0 Å². The molecule has 0 saturated heterocycles. The number of aliphatic hydroxyl groups excluding tert-OH is 1. The van der Waals surface area contributed by atoms with E-state index in [0.717, 1.165) is 0 Å². The predicted molar refractivity (Wildman–Crippen MR) is 84.7 cm³/mol. The van der Waals surface area contributed by atoms with Crippen LogP contribution >= 0.6 is 11.6 Å². The van der Waals surface area contributed by atoms with E-state index >= 15 is 0 Å². The van der Waals surface area contributed by atoms with E-state index in [4.69, 9.17) is 11.6 Å². The number of anilines is 1. The Balaban J connectivity index is 2.02. The zero-order chi connectivity index (χ0) is 17.0. The number of rotatable bonds is 6. The molecule has 0 fully saturated rings. The minimum Gasteiger partial charge on any atom is -0.387 e. The molecule has 120 valence electrons. The fourth-order valence-electron chi connectivity index (χ4n) is 1.90. The highest BCUT2D eigenvalue weighted by molar-refractivity contribution is 6.33. The van der Waals surface area contributed by atoms with Crippen molar-refractivity contribution in [3.63, 3.8) is 0 Å². The maximum absolute atomic E-state index is 10.6. The SMILES string of the molecule is O=[N+]([O-])c1ccc(C(O)CNc2ccc([N+](=O)[O-])cc2Cl)cc1. The average Bonchev–Trinajstić information content (AvgIpc) is 2.53. The lowest BCUT2D eigenvalue weighted by Gasteiger charge is -2.14. The van der Waals surface area contributed by atoms with E-state index < -0.39 is 16.0 Å². The first kappa shape index (κ1) is 16.7. The van der Waals surface area contributed by atoms with E-state index in [2.05, 4.69) is 5.32 Å². The zero-order valence-corrected chi connectivity index (χ0v) is 12.4. The highest BCUT2D eigenvalue weighted by Crippen LogP contribution is 2.27. The third kappa shape index (κ3) is 4.15. The molecule has 1 unspecified atom stereocenters. The molecule has 0 heterocycles. The molecule has 2 rings (SSSR count). The van der Waals surface area contributed by atoms with Crippen molar-refractivity contribution in [3.05, 3.63) is 73.3 Å². The topological polar surface area (TPSA) is 119 Å². The molecule has 1 atom stereocenters. The Morgan fingerprint density at radius 3 is 2.13 bits per heavy atom. The summed E-state index contributed by atoms with van der Waals surface area (Å²) in [4.78, 5) is 20.1. The Labute approximate surface area is 135 Å². The highest BCUT2D eigenvalue weighted by atomic mass is 35.5. The second-order valence-electron chi connectivity index (χ2n) is 4.67. The van der Waals surface area contributed by atoms with Crippen LogP contribution in [0.2, 0.25) is 5.02 Å². The minimum atomic E-state index is -0.915. The number of nitrogens with zero attached hydrogens (tertiary/aromatic N) is 2. The molecule has 2 aromatic carbocycles. The summed E-state index contributed by atoms with van der Waals surface area (Å²) < 4.78 is 0. The van der Waals surface area contributed by atoms with E-state index in [-0.39, 0.29) is 22.9 Å². The molecule has 8 nitrogen and oxygen atoms in total. The van der Waals surface area contributed by atoms with E-state index in [1.165, 1.54) is 42.5 Å². The first-order chi connectivity index (χ1) is 10.9. The van der Waals surface area contributed by atoms with Crippen molar-refractivity contribution in [2.45, 2.75) is 6.10 Å². The van der Waals surface area contributed by atoms with Gasteiger partial charge in [0.25, 0.3) is 11.4 Å². The standard InChI is InChI=1S/C14H12ClN3O5/c15-12-7-11(18(22)23)5-6-13(12)16-8-14(19)9-1-3-10(4-2-9)17(20)21/h1-7,14,16,19H,8H2. The quantitative estimate of drug-likeness (QED) is 0.616. The van der Waals surface area contributed by atoms with Crippen LogP contribution < -0.4 is 5.32 Å². The van der Waals surface area contributed by atoms with E-state index in [1.54, 1.807) is 0 Å². The van der Waals surface area contributed by atoms with Gasteiger partial charge < -0.3 is 10.4 Å². The van der Waals surface area contributed by atoms with E-state index in [1.807, 2.05) is 0 Å². The van der Waals surface area contributed by atoms with Gasteiger partial charge in [0.2, 0.25) is 0 Å². The summed E-state index contributed by atoms with van der Waals surface area (Å²) in [5.74, 6) is 0. The van der Waals surface area contributed by atoms with Crippen molar-refractivity contribution in [2.24, 2.45) is 0 Å². The third-order valence-electron chi connectivity index (χ3n) is 3.14. The molecule has 0 aliphatic heterocycles. The van der Waals surface area contributed by atoms with Crippen LogP contribution in [0.3, 0.4) is 0 Å². The van der Waals surface area contributed by atoms with Crippen LogP contribution in [0.5, 0.6) is 0 Å². The Morgan fingerprint density at radius 1 is 1.04 bits per heavy atom. The van der Waals surface area contributed by atoms with Crippen molar-refractivity contribution in [3.8, 4) is 0 Å². The molecule has 9 heteroatoms. The lowest BCUT2D eigenvalue weighted by Crippen LogP contribution is -2.12.